The van der Waals surface area contributed by atoms with Crippen LogP contribution in [0.2, 0.25) is 0 Å². The van der Waals surface area contributed by atoms with Crippen LogP contribution in [0.25, 0.3) is 0 Å². The van der Waals surface area contributed by atoms with E-state index in [0.717, 1.165) is 37.7 Å². The Kier molecular flexibility index (Phi) is 8.04. The summed E-state index contributed by atoms with van der Waals surface area (Å²) < 4.78 is 5.12. The van der Waals surface area contributed by atoms with E-state index in [1.165, 1.54) is 38.9 Å². The molecule has 0 aliphatic heterocycles. The van der Waals surface area contributed by atoms with Crippen molar-refractivity contribution in [3.8, 4) is 11.5 Å². The molecular weight excluding hydrogens is 492 g/mol. The van der Waals surface area contributed by atoms with Crippen LogP contribution >= 0.6 is 0 Å². The molecule has 1 aromatic rings. The van der Waals surface area contributed by atoms with Crippen LogP contribution < -0.4 is 10.2 Å². The molecule has 0 radical (unpaired) electrons. The number of rotatable bonds is 7. The molecule has 10 atom stereocenters. The topological polar surface area (TPSA) is 111 Å². The van der Waals surface area contributed by atoms with Crippen LogP contribution in [0.5, 0.6) is 11.5 Å². The number of hydrogen-bond acceptors (Lipinski definition) is 6. The number of phenolic OH excluding ortho intramolecular Hbond substituents is 1. The number of aromatic hydroxyl groups is 1. The van der Waals surface area contributed by atoms with E-state index in [-0.39, 0.29) is 34.7 Å². The van der Waals surface area contributed by atoms with Gasteiger partial charge < -0.3 is 20.1 Å². The number of carbonyl (C=O) groups excluding carboxylic acids is 1. The Morgan fingerprint density at radius 1 is 1.13 bits per heavy atom. The summed E-state index contributed by atoms with van der Waals surface area (Å²) in [7, 11) is 1.49. The van der Waals surface area contributed by atoms with Crippen molar-refractivity contribution in [3.63, 3.8) is 0 Å². The van der Waals surface area contributed by atoms with E-state index in [1.807, 2.05) is 0 Å². The van der Waals surface area contributed by atoms with Crippen LogP contribution in [0.15, 0.2) is 23.3 Å². The maximum absolute atomic E-state index is 12.6. The molecule has 4 saturated carbocycles. The highest BCUT2D eigenvalue weighted by Crippen LogP contribution is 2.68. The number of carbonyl (C=O) groups is 1. The number of hydrazone groups is 1. The third-order valence-corrected chi connectivity index (χ3v) is 11.8. The van der Waals surface area contributed by atoms with Gasteiger partial charge in [0.15, 0.2) is 11.5 Å². The minimum Gasteiger partial charge on any atom is -0.504 e. The molecule has 216 valence electrons. The highest BCUT2D eigenvalue weighted by molar-refractivity contribution is 5.83. The highest BCUT2D eigenvalue weighted by Gasteiger charge is 2.62. The predicted molar refractivity (Wildman–Crippen MR) is 151 cm³/mol. The Hall–Kier alpha value is -2.12. The predicted octanol–water partition coefficient (Wildman–Crippen LogP) is 5.26. The van der Waals surface area contributed by atoms with E-state index in [9.17, 15) is 20.1 Å². The average Bonchev–Trinajstić information content (AvgIpc) is 3.26. The highest BCUT2D eigenvalue weighted by atomic mass is 16.5. The van der Waals surface area contributed by atoms with E-state index in [0.29, 0.717) is 47.7 Å². The van der Waals surface area contributed by atoms with Crippen LogP contribution in [0.1, 0.15) is 90.5 Å². The van der Waals surface area contributed by atoms with Gasteiger partial charge in [-0.1, -0.05) is 20.8 Å². The first-order valence-electron chi connectivity index (χ1n) is 15.1. The summed E-state index contributed by atoms with van der Waals surface area (Å²) in [5, 5.41) is 35.6. The smallest absolute Gasteiger partial charge is 0.240 e. The van der Waals surface area contributed by atoms with Gasteiger partial charge in [-0.3, -0.25) is 4.79 Å². The van der Waals surface area contributed by atoms with Crippen molar-refractivity contribution in [2.75, 3.05) is 7.11 Å². The molecule has 0 aromatic heterocycles. The van der Waals surface area contributed by atoms with Gasteiger partial charge in [0.2, 0.25) is 5.91 Å². The number of aliphatic hydroxyl groups is 2. The third-order valence-electron chi connectivity index (χ3n) is 11.8. The lowest BCUT2D eigenvalue weighted by Crippen LogP contribution is -2.58. The SMILES string of the molecule is COc1cc(/C=N\NC(=O)CC[C@@H](C)[C@H]2CC[C@H]3[C@@H]4[C@H](O)C[C@H]5C[C@@H](O)CC[C@]5(C)[C@H]4CC[C@]23C)ccc1O. The molecule has 39 heavy (non-hydrogen) atoms. The van der Waals surface area contributed by atoms with Crippen molar-refractivity contribution in [1.82, 2.24) is 5.43 Å². The second-order valence-electron chi connectivity index (χ2n) is 13.7. The molecule has 0 spiro atoms. The van der Waals surface area contributed by atoms with Crippen molar-refractivity contribution in [2.45, 2.75) is 97.2 Å². The number of hydrogen-bond donors (Lipinski definition) is 4. The van der Waals surface area contributed by atoms with E-state index in [1.54, 1.807) is 18.3 Å². The zero-order chi connectivity index (χ0) is 27.9. The van der Waals surface area contributed by atoms with Gasteiger partial charge in [-0.05, 0) is 128 Å². The van der Waals surface area contributed by atoms with E-state index in [4.69, 9.17) is 4.74 Å². The van der Waals surface area contributed by atoms with Crippen LogP contribution in [0.3, 0.4) is 0 Å². The number of benzene rings is 1. The van der Waals surface area contributed by atoms with Gasteiger partial charge in [0.1, 0.15) is 0 Å². The summed E-state index contributed by atoms with van der Waals surface area (Å²) in [6.07, 6.45) is 10.8. The largest absolute Gasteiger partial charge is 0.504 e. The van der Waals surface area contributed by atoms with Crippen LogP contribution in [-0.4, -0.2) is 46.8 Å². The normalized spacial score (nSPS) is 40.4. The first-order valence-corrected chi connectivity index (χ1v) is 15.1. The molecule has 1 aromatic carbocycles. The zero-order valence-corrected chi connectivity index (χ0v) is 24.1. The van der Waals surface area contributed by atoms with Crippen molar-refractivity contribution >= 4 is 12.1 Å². The number of ether oxygens (including phenoxy) is 1. The molecule has 5 rings (SSSR count). The molecule has 4 aliphatic rings. The summed E-state index contributed by atoms with van der Waals surface area (Å²) in [5.41, 5.74) is 3.84. The molecule has 0 bridgehead atoms. The number of amides is 1. The van der Waals surface area contributed by atoms with Gasteiger partial charge >= 0.3 is 0 Å². The van der Waals surface area contributed by atoms with Crippen LogP contribution in [-0.2, 0) is 4.79 Å². The Morgan fingerprint density at radius 2 is 1.87 bits per heavy atom. The fraction of sp³-hybridized carbons (Fsp3) is 0.750. The van der Waals surface area contributed by atoms with Gasteiger partial charge in [-0.15, -0.1) is 0 Å². The number of nitrogens with one attached hydrogen (secondary N) is 1. The summed E-state index contributed by atoms with van der Waals surface area (Å²) in [5.74, 6) is 3.25. The minimum atomic E-state index is -0.255. The zero-order valence-electron chi connectivity index (χ0n) is 24.1. The fourth-order valence-electron chi connectivity index (χ4n) is 9.74. The molecule has 0 heterocycles. The fourth-order valence-corrected chi connectivity index (χ4v) is 9.74. The van der Waals surface area contributed by atoms with E-state index in [2.05, 4.69) is 31.3 Å². The van der Waals surface area contributed by atoms with Gasteiger partial charge in [-0.25, -0.2) is 5.43 Å². The first kappa shape index (κ1) is 28.4. The lowest BCUT2D eigenvalue weighted by molar-refractivity contribution is -0.174. The van der Waals surface area contributed by atoms with Gasteiger partial charge in [0, 0.05) is 6.42 Å². The van der Waals surface area contributed by atoms with E-state index < -0.39 is 0 Å². The van der Waals surface area contributed by atoms with Gasteiger partial charge in [-0.2, -0.15) is 5.10 Å². The summed E-state index contributed by atoms with van der Waals surface area (Å²) >= 11 is 0. The lowest BCUT2D eigenvalue weighted by atomic mass is 9.43. The first-order chi connectivity index (χ1) is 18.6. The van der Waals surface area contributed by atoms with Crippen molar-refractivity contribution in [3.05, 3.63) is 23.8 Å². The number of nitrogens with zero attached hydrogens (tertiary/aromatic N) is 1. The monoisotopic (exact) mass is 540 g/mol. The standard InChI is InChI=1S/C32H48N2O5/c1-19(5-10-29(38)34-33-18-20-6-9-26(36)28(15-20)39-4)23-7-8-24-30-25(12-14-32(23,24)3)31(2)13-11-22(35)16-21(31)17-27(30)37/h6,9,15,18-19,21-25,27,30,35-37H,5,7-8,10-14,16-17H2,1-4H3,(H,34,38)/b33-18-/t19-,21-,22+,23-,24+,25+,27-,30+,31+,32-/m1/s1. The Labute approximate surface area is 233 Å². The van der Waals surface area contributed by atoms with Crippen LogP contribution in [0.4, 0.5) is 0 Å². The Balaban J connectivity index is 1.18. The molecule has 7 heteroatoms. The molecule has 0 saturated heterocycles. The van der Waals surface area contributed by atoms with Gasteiger partial charge in [0.05, 0.1) is 25.5 Å². The van der Waals surface area contributed by atoms with Crippen molar-refractivity contribution < 1.29 is 24.9 Å². The number of aliphatic hydroxyl groups excluding tert-OH is 2. The number of methoxy groups -OCH3 is 1. The van der Waals surface area contributed by atoms with E-state index >= 15 is 0 Å². The van der Waals surface area contributed by atoms with Gasteiger partial charge in [0.25, 0.3) is 0 Å². The summed E-state index contributed by atoms with van der Waals surface area (Å²) in [6.45, 7) is 7.25. The number of fused-ring (bicyclic) bond motifs is 5. The Morgan fingerprint density at radius 3 is 2.64 bits per heavy atom. The Bertz CT molecular complexity index is 1080. The second kappa shape index (κ2) is 11.0. The molecule has 4 N–H and O–H groups in total. The minimum absolute atomic E-state index is 0.0641. The molecule has 1 amide bonds. The summed E-state index contributed by atoms with van der Waals surface area (Å²) in [4.78, 5) is 12.6. The second-order valence-corrected chi connectivity index (χ2v) is 13.7. The molecular formula is C32H48N2O5. The maximum Gasteiger partial charge on any atom is 0.240 e. The average molecular weight is 541 g/mol. The third kappa shape index (κ3) is 5.21. The maximum atomic E-state index is 12.6. The van der Waals surface area contributed by atoms with Crippen LogP contribution in [0, 0.1) is 46.3 Å². The lowest BCUT2D eigenvalue weighted by Gasteiger charge is -2.62. The molecule has 0 unspecified atom stereocenters. The molecule has 7 nitrogen and oxygen atoms in total. The quantitative estimate of drug-likeness (QED) is 0.279. The molecule has 4 fully saturated rings. The summed E-state index contributed by atoms with van der Waals surface area (Å²) in [6, 6.07) is 4.92. The number of phenols is 1. The van der Waals surface area contributed by atoms with Crippen molar-refractivity contribution in [1.29, 1.82) is 0 Å². The molecule has 4 aliphatic carbocycles. The van der Waals surface area contributed by atoms with Crippen molar-refractivity contribution in [2.24, 2.45) is 51.4 Å².